The minimum Gasteiger partial charge on any atom is -0.475 e. The number of aliphatic carboxylic acids is 1. The minimum atomic E-state index is -5.08. The van der Waals surface area contributed by atoms with Gasteiger partial charge in [-0.15, -0.1) is 0 Å². The van der Waals surface area contributed by atoms with E-state index >= 15 is 0 Å². The van der Waals surface area contributed by atoms with Gasteiger partial charge in [-0.25, -0.2) is 4.79 Å². The Bertz CT molecular complexity index is 957. The number of alkyl halides is 3. The van der Waals surface area contributed by atoms with Gasteiger partial charge in [-0.05, 0) is 36.6 Å². The number of morpholine rings is 1. The van der Waals surface area contributed by atoms with Crippen LogP contribution in [0.3, 0.4) is 0 Å². The first-order valence-corrected chi connectivity index (χ1v) is 10.0. The molecule has 178 valence electrons. The van der Waals surface area contributed by atoms with Crippen LogP contribution < -0.4 is 0 Å². The highest BCUT2D eigenvalue weighted by Gasteiger charge is 2.43. The van der Waals surface area contributed by atoms with Gasteiger partial charge in [0.2, 0.25) is 5.91 Å². The maximum absolute atomic E-state index is 12.4. The molecule has 2 aliphatic heterocycles. The van der Waals surface area contributed by atoms with E-state index in [1.807, 2.05) is 17.0 Å². The number of carbonyl (C=O) groups is 3. The molecular formula is C21H22F3N3O6. The lowest BCUT2D eigenvalue weighted by Gasteiger charge is -2.46. The van der Waals surface area contributed by atoms with Crippen molar-refractivity contribution in [3.63, 3.8) is 0 Å². The zero-order valence-corrected chi connectivity index (χ0v) is 17.5. The molecule has 2 aromatic rings. The summed E-state index contributed by atoms with van der Waals surface area (Å²) in [6, 6.07) is 7.23. The molecular weight excluding hydrogens is 447 g/mol. The van der Waals surface area contributed by atoms with Crippen LogP contribution in [0.4, 0.5) is 13.2 Å². The Morgan fingerprint density at radius 1 is 1.18 bits per heavy atom. The van der Waals surface area contributed by atoms with Crippen LogP contribution in [0.15, 0.2) is 47.3 Å². The van der Waals surface area contributed by atoms with Crippen molar-refractivity contribution >= 4 is 17.8 Å². The van der Waals surface area contributed by atoms with Gasteiger partial charge in [0.15, 0.2) is 5.76 Å². The van der Waals surface area contributed by atoms with Crippen LogP contribution >= 0.6 is 0 Å². The van der Waals surface area contributed by atoms with Gasteiger partial charge in [0.25, 0.3) is 5.91 Å². The molecule has 2 amide bonds. The molecule has 0 saturated carbocycles. The predicted octanol–water partition coefficient (Wildman–Crippen LogP) is 2.34. The number of carboxylic acid groups (broad SMARTS) is 1. The van der Waals surface area contributed by atoms with Crippen molar-refractivity contribution in [2.75, 3.05) is 26.2 Å². The van der Waals surface area contributed by atoms with Gasteiger partial charge in [0.05, 0.1) is 18.4 Å². The van der Waals surface area contributed by atoms with Crippen molar-refractivity contribution in [3.05, 3.63) is 54.2 Å². The largest absolute Gasteiger partial charge is 0.490 e. The molecule has 0 radical (unpaired) electrons. The zero-order valence-electron chi connectivity index (χ0n) is 17.5. The van der Waals surface area contributed by atoms with E-state index < -0.39 is 12.1 Å². The van der Waals surface area contributed by atoms with Gasteiger partial charge in [-0.1, -0.05) is 6.07 Å². The molecule has 1 spiro atoms. The number of ether oxygens (including phenoxy) is 1. The number of hydrogen-bond acceptors (Lipinski definition) is 6. The fraction of sp³-hybridized carbons (Fsp3) is 0.429. The summed E-state index contributed by atoms with van der Waals surface area (Å²) < 4.78 is 42.9. The summed E-state index contributed by atoms with van der Waals surface area (Å²) >= 11 is 0. The molecule has 2 fully saturated rings. The molecule has 0 aliphatic carbocycles. The number of likely N-dealkylation sites (tertiary alicyclic amines) is 1. The van der Waals surface area contributed by atoms with Crippen molar-refractivity contribution in [2.24, 2.45) is 0 Å². The van der Waals surface area contributed by atoms with Crippen LogP contribution in [0.1, 0.15) is 29.0 Å². The summed E-state index contributed by atoms with van der Waals surface area (Å²) in [6.45, 7) is 2.35. The third-order valence-electron chi connectivity index (χ3n) is 5.37. The minimum absolute atomic E-state index is 0.00595. The van der Waals surface area contributed by atoms with Gasteiger partial charge in [0, 0.05) is 32.0 Å². The van der Waals surface area contributed by atoms with Crippen molar-refractivity contribution in [3.8, 4) is 0 Å². The van der Waals surface area contributed by atoms with Crippen LogP contribution in [0.5, 0.6) is 0 Å². The average Bonchev–Trinajstić information content (AvgIpc) is 3.32. The Kier molecular flexibility index (Phi) is 7.36. The summed E-state index contributed by atoms with van der Waals surface area (Å²) in [5.41, 5.74) is 0.624. The highest BCUT2D eigenvalue weighted by molar-refractivity contribution is 5.91. The Morgan fingerprint density at radius 3 is 2.42 bits per heavy atom. The quantitative estimate of drug-likeness (QED) is 0.734. The molecule has 12 heteroatoms. The van der Waals surface area contributed by atoms with Crippen LogP contribution in [0.25, 0.3) is 0 Å². The third kappa shape index (κ3) is 6.31. The molecule has 2 aromatic heterocycles. The molecule has 1 N–H and O–H groups in total. The van der Waals surface area contributed by atoms with Crippen molar-refractivity contribution in [1.82, 2.24) is 14.8 Å². The normalized spacial score (nSPS) is 18.0. The number of nitrogens with zero attached hydrogens (tertiary/aromatic N) is 3. The molecule has 2 saturated heterocycles. The van der Waals surface area contributed by atoms with Gasteiger partial charge >= 0.3 is 12.1 Å². The van der Waals surface area contributed by atoms with Gasteiger partial charge in [-0.3, -0.25) is 14.6 Å². The number of aromatic nitrogens is 1. The number of halogens is 3. The molecule has 0 bridgehead atoms. The van der Waals surface area contributed by atoms with Crippen molar-refractivity contribution in [1.29, 1.82) is 0 Å². The second-order valence-electron chi connectivity index (χ2n) is 7.66. The SMILES string of the molecule is O=C(O)C(F)(F)F.O=C1COC2(CCN(C(=O)c3ccco3)CC2)CN1Cc1cccnc1. The van der Waals surface area contributed by atoms with Crippen LogP contribution in [-0.4, -0.2) is 75.7 Å². The number of amides is 2. The van der Waals surface area contributed by atoms with Gasteiger partial charge in [-0.2, -0.15) is 13.2 Å². The first-order valence-electron chi connectivity index (χ1n) is 10.0. The summed E-state index contributed by atoms with van der Waals surface area (Å²) in [5.74, 6) is -2.50. The van der Waals surface area contributed by atoms with Crippen molar-refractivity contribution < 1.29 is 41.8 Å². The highest BCUT2D eigenvalue weighted by atomic mass is 19.4. The summed E-state index contributed by atoms with van der Waals surface area (Å²) in [6.07, 6.45) is 1.33. The van der Waals surface area contributed by atoms with E-state index in [1.165, 1.54) is 6.26 Å². The van der Waals surface area contributed by atoms with Crippen LogP contribution in [0, 0.1) is 0 Å². The zero-order chi connectivity index (χ0) is 24.1. The standard InChI is InChI=1S/C19H21N3O4.C2HF3O2/c23-17-13-26-19(14-22(17)12-15-3-1-7-20-11-15)5-8-21(9-6-19)18(24)16-4-2-10-25-16;3-2(4,5)1(6)7/h1-4,7,10-11H,5-6,8-9,12-14H2;(H,6,7). The third-order valence-corrected chi connectivity index (χ3v) is 5.37. The lowest BCUT2D eigenvalue weighted by molar-refractivity contribution is -0.192. The van der Waals surface area contributed by atoms with E-state index in [4.69, 9.17) is 19.1 Å². The maximum atomic E-state index is 12.4. The van der Waals surface area contributed by atoms with E-state index in [0.29, 0.717) is 44.8 Å². The number of pyridine rings is 1. The monoisotopic (exact) mass is 469 g/mol. The first-order chi connectivity index (χ1) is 15.6. The predicted molar refractivity (Wildman–Crippen MR) is 106 cm³/mol. The fourth-order valence-corrected chi connectivity index (χ4v) is 3.62. The fourth-order valence-electron chi connectivity index (χ4n) is 3.62. The number of rotatable bonds is 3. The van der Waals surface area contributed by atoms with E-state index in [2.05, 4.69) is 4.98 Å². The summed E-state index contributed by atoms with van der Waals surface area (Å²) in [4.78, 5) is 41.3. The number of piperidine rings is 1. The van der Waals surface area contributed by atoms with E-state index in [9.17, 15) is 22.8 Å². The van der Waals surface area contributed by atoms with Crippen LogP contribution in [-0.2, 0) is 20.9 Å². The molecule has 33 heavy (non-hydrogen) atoms. The van der Waals surface area contributed by atoms with E-state index in [-0.39, 0.29) is 24.0 Å². The topological polar surface area (TPSA) is 113 Å². The molecule has 4 rings (SSSR count). The number of carbonyl (C=O) groups excluding carboxylic acids is 2. The second kappa shape index (κ2) is 10.0. The molecule has 0 unspecified atom stereocenters. The molecule has 2 aliphatic rings. The maximum Gasteiger partial charge on any atom is 0.490 e. The Labute approximate surface area is 186 Å². The van der Waals surface area contributed by atoms with Gasteiger partial charge < -0.3 is 24.1 Å². The second-order valence-corrected chi connectivity index (χ2v) is 7.66. The van der Waals surface area contributed by atoms with Crippen molar-refractivity contribution in [2.45, 2.75) is 31.2 Å². The summed E-state index contributed by atoms with van der Waals surface area (Å²) in [5, 5.41) is 7.12. The van der Waals surface area contributed by atoms with E-state index in [0.717, 1.165) is 5.56 Å². The smallest absolute Gasteiger partial charge is 0.475 e. The Morgan fingerprint density at radius 2 is 1.88 bits per heavy atom. The Balaban J connectivity index is 0.000000383. The summed E-state index contributed by atoms with van der Waals surface area (Å²) in [7, 11) is 0. The van der Waals surface area contributed by atoms with E-state index in [1.54, 1.807) is 29.4 Å². The van der Waals surface area contributed by atoms with Gasteiger partial charge in [0.1, 0.15) is 6.61 Å². The average molecular weight is 469 g/mol. The number of furan rings is 1. The number of carboxylic acids is 1. The first kappa shape index (κ1) is 24.2. The lowest BCUT2D eigenvalue weighted by Crippen LogP contribution is -2.59. The highest BCUT2D eigenvalue weighted by Crippen LogP contribution is 2.31. The molecule has 0 aromatic carbocycles. The Hall–Kier alpha value is -3.41. The lowest BCUT2D eigenvalue weighted by atomic mass is 9.89. The molecule has 9 nitrogen and oxygen atoms in total. The number of hydrogen-bond donors (Lipinski definition) is 1. The molecule has 4 heterocycles. The molecule has 0 atom stereocenters. The van der Waals surface area contributed by atoms with Crippen LogP contribution in [0.2, 0.25) is 0 Å².